The maximum absolute atomic E-state index is 5.73. The van der Waals surface area contributed by atoms with Crippen LogP contribution < -0.4 is 5.73 Å². The Bertz CT molecular complexity index is 475. The molecule has 2 N–H and O–H groups in total. The number of nitrogens with zero attached hydrogens (tertiary/aromatic N) is 3. The monoisotopic (exact) mass is 320 g/mol. The summed E-state index contributed by atoms with van der Waals surface area (Å²) in [6.07, 6.45) is 15.8. The van der Waals surface area contributed by atoms with Gasteiger partial charge in [-0.25, -0.2) is 0 Å². The molecule has 23 heavy (non-hydrogen) atoms. The van der Waals surface area contributed by atoms with Crippen molar-refractivity contribution in [3.8, 4) is 0 Å². The van der Waals surface area contributed by atoms with Crippen molar-refractivity contribution in [1.29, 1.82) is 0 Å². The summed E-state index contributed by atoms with van der Waals surface area (Å²) in [6.45, 7) is 3.49. The quantitative estimate of drug-likeness (QED) is 0.850. The zero-order chi connectivity index (χ0) is 16.0. The van der Waals surface area contributed by atoms with Gasteiger partial charge in [0.1, 0.15) is 0 Å². The number of nitrogens with two attached hydrogens (primary N) is 1. The number of hydrogen-bond acceptors (Lipinski definition) is 5. The predicted octanol–water partition coefficient (Wildman–Crippen LogP) is 3.90. The van der Waals surface area contributed by atoms with E-state index in [1.165, 1.54) is 77.3 Å². The molecule has 2 saturated heterocycles. The maximum Gasteiger partial charge on any atom is 0.260 e. The van der Waals surface area contributed by atoms with E-state index in [0.717, 1.165) is 25.3 Å². The minimum absolute atomic E-state index is 0.0347. The van der Waals surface area contributed by atoms with Crippen LogP contribution >= 0.6 is 0 Å². The van der Waals surface area contributed by atoms with Gasteiger partial charge in [-0.2, -0.15) is 4.98 Å². The van der Waals surface area contributed by atoms with Crippen LogP contribution in [0.1, 0.15) is 82.9 Å². The average Bonchev–Trinajstić information content (AvgIpc) is 2.99. The molecule has 2 atom stereocenters. The minimum atomic E-state index is 0.0347. The molecule has 2 aliphatic heterocycles. The van der Waals surface area contributed by atoms with Gasteiger partial charge in [0.2, 0.25) is 5.89 Å². The molecule has 5 heteroatoms. The Morgan fingerprint density at radius 2 is 1.43 bits per heavy atom. The van der Waals surface area contributed by atoms with E-state index in [-0.39, 0.29) is 11.4 Å². The molecule has 0 aromatic carbocycles. The number of nitrogen functional groups attached to an aromatic ring is 1. The third-order valence-electron chi connectivity index (χ3n) is 5.68. The molecule has 2 aliphatic rings. The maximum atomic E-state index is 5.73. The van der Waals surface area contributed by atoms with E-state index in [1.807, 2.05) is 0 Å². The molecular weight excluding hydrogens is 288 g/mol. The lowest BCUT2D eigenvalue weighted by atomic mass is 9.75. The van der Waals surface area contributed by atoms with Crippen LogP contribution in [0.15, 0.2) is 4.52 Å². The van der Waals surface area contributed by atoms with E-state index >= 15 is 0 Å². The highest BCUT2D eigenvalue weighted by atomic mass is 16.5. The van der Waals surface area contributed by atoms with Gasteiger partial charge in [0.15, 0.2) is 0 Å². The molecule has 3 rings (SSSR count). The summed E-state index contributed by atoms with van der Waals surface area (Å²) in [5.41, 5.74) is 5.77. The summed E-state index contributed by atoms with van der Waals surface area (Å²) in [5, 5.41) is 3.86. The van der Waals surface area contributed by atoms with Crippen molar-refractivity contribution in [2.45, 2.75) is 82.5 Å². The van der Waals surface area contributed by atoms with E-state index in [4.69, 9.17) is 10.3 Å². The predicted molar refractivity (Wildman–Crippen MR) is 92.2 cm³/mol. The van der Waals surface area contributed by atoms with Crippen LogP contribution in [0.4, 0.5) is 5.95 Å². The fourth-order valence-corrected chi connectivity index (χ4v) is 4.39. The second-order valence-corrected chi connectivity index (χ2v) is 7.55. The van der Waals surface area contributed by atoms with Crippen molar-refractivity contribution >= 4 is 5.95 Å². The van der Waals surface area contributed by atoms with Crippen LogP contribution in [-0.4, -0.2) is 34.7 Å². The molecule has 2 bridgehead atoms. The largest absolute Gasteiger partial charge is 0.365 e. The molecule has 1 aromatic heterocycles. The number of hydrogen-bond donors (Lipinski definition) is 1. The smallest absolute Gasteiger partial charge is 0.260 e. The molecule has 1 aromatic rings. The Morgan fingerprint density at radius 1 is 0.826 bits per heavy atom. The van der Waals surface area contributed by atoms with Gasteiger partial charge in [0.05, 0.1) is 5.41 Å². The molecule has 0 radical (unpaired) electrons. The van der Waals surface area contributed by atoms with E-state index in [0.29, 0.717) is 0 Å². The first-order chi connectivity index (χ1) is 11.3. The fourth-order valence-electron chi connectivity index (χ4n) is 4.39. The van der Waals surface area contributed by atoms with Gasteiger partial charge in [-0.15, -0.1) is 0 Å². The van der Waals surface area contributed by atoms with Crippen LogP contribution in [0.2, 0.25) is 0 Å². The summed E-state index contributed by atoms with van der Waals surface area (Å²) < 4.78 is 5.54. The van der Waals surface area contributed by atoms with Crippen LogP contribution in [0, 0.1) is 0 Å². The first kappa shape index (κ1) is 16.7. The molecule has 3 heterocycles. The Labute approximate surface area is 140 Å². The van der Waals surface area contributed by atoms with Gasteiger partial charge in [-0.05, 0) is 43.9 Å². The first-order valence-corrected chi connectivity index (χ1v) is 9.61. The van der Waals surface area contributed by atoms with E-state index in [1.54, 1.807) is 0 Å². The van der Waals surface area contributed by atoms with Crippen LogP contribution in [-0.2, 0) is 5.41 Å². The fraction of sp³-hybridized carbons (Fsp3) is 0.889. The zero-order valence-corrected chi connectivity index (χ0v) is 14.4. The molecule has 0 saturated carbocycles. The summed E-state index contributed by atoms with van der Waals surface area (Å²) in [4.78, 5) is 7.04. The Hall–Kier alpha value is -1.10. The van der Waals surface area contributed by atoms with Crippen molar-refractivity contribution in [1.82, 2.24) is 15.0 Å². The van der Waals surface area contributed by atoms with Crippen molar-refractivity contribution in [3.63, 3.8) is 0 Å². The summed E-state index contributed by atoms with van der Waals surface area (Å²) in [7, 11) is 0. The van der Waals surface area contributed by atoms with Crippen molar-refractivity contribution in [2.75, 3.05) is 25.4 Å². The second-order valence-electron chi connectivity index (χ2n) is 7.55. The number of fused-ring (bicyclic) bond motifs is 2. The van der Waals surface area contributed by atoms with Gasteiger partial charge in [-0.1, -0.05) is 51.4 Å². The van der Waals surface area contributed by atoms with E-state index in [9.17, 15) is 0 Å². The molecule has 0 amide bonds. The molecule has 0 aliphatic carbocycles. The number of rotatable bonds is 1. The lowest BCUT2D eigenvalue weighted by Gasteiger charge is -2.40. The highest BCUT2D eigenvalue weighted by Gasteiger charge is 2.41. The van der Waals surface area contributed by atoms with Crippen LogP contribution in [0.3, 0.4) is 0 Å². The standard InChI is InChI=1S/C18H32N4O/c19-17-20-16(23-21-17)18-11-8-6-4-2-1-3-5-7-9-13-22(15-18)14-10-12-18/h1-15H2,(H2,19,21). The van der Waals surface area contributed by atoms with Gasteiger partial charge in [0, 0.05) is 6.54 Å². The SMILES string of the molecule is Nc1noc(C23CCCCCCCCCCCN(CCC2)C3)n1. The van der Waals surface area contributed by atoms with Crippen molar-refractivity contribution in [3.05, 3.63) is 5.89 Å². The summed E-state index contributed by atoms with van der Waals surface area (Å²) in [5.74, 6) is 1.07. The lowest BCUT2D eigenvalue weighted by molar-refractivity contribution is 0.107. The van der Waals surface area contributed by atoms with Gasteiger partial charge < -0.3 is 15.2 Å². The third-order valence-corrected chi connectivity index (χ3v) is 5.68. The minimum Gasteiger partial charge on any atom is -0.365 e. The molecule has 130 valence electrons. The molecule has 0 spiro atoms. The van der Waals surface area contributed by atoms with E-state index < -0.39 is 0 Å². The molecular formula is C18H32N4O. The third kappa shape index (κ3) is 4.46. The first-order valence-electron chi connectivity index (χ1n) is 9.61. The highest BCUT2D eigenvalue weighted by Crippen LogP contribution is 2.38. The number of aromatic nitrogens is 2. The molecule has 2 unspecified atom stereocenters. The average molecular weight is 320 g/mol. The zero-order valence-electron chi connectivity index (χ0n) is 14.4. The normalized spacial score (nSPS) is 31.4. The lowest BCUT2D eigenvalue weighted by Crippen LogP contribution is -2.46. The van der Waals surface area contributed by atoms with Gasteiger partial charge in [0.25, 0.3) is 5.95 Å². The van der Waals surface area contributed by atoms with Gasteiger partial charge in [-0.3, -0.25) is 0 Å². The van der Waals surface area contributed by atoms with Gasteiger partial charge >= 0.3 is 0 Å². The van der Waals surface area contributed by atoms with E-state index in [2.05, 4.69) is 15.0 Å². The highest BCUT2D eigenvalue weighted by molar-refractivity contribution is 5.17. The topological polar surface area (TPSA) is 68.2 Å². The number of anilines is 1. The Morgan fingerprint density at radius 3 is 2.13 bits per heavy atom. The molecule has 5 nitrogen and oxygen atoms in total. The second kappa shape index (κ2) is 8.13. The van der Waals surface area contributed by atoms with Crippen molar-refractivity contribution < 1.29 is 4.52 Å². The van der Waals surface area contributed by atoms with Crippen LogP contribution in [0.25, 0.3) is 0 Å². The Kier molecular flexibility index (Phi) is 5.92. The summed E-state index contributed by atoms with van der Waals surface area (Å²) >= 11 is 0. The van der Waals surface area contributed by atoms with Crippen molar-refractivity contribution in [2.24, 2.45) is 0 Å². The Balaban J connectivity index is 1.72. The molecule has 2 fully saturated rings. The van der Waals surface area contributed by atoms with Crippen LogP contribution in [0.5, 0.6) is 0 Å². The summed E-state index contributed by atoms with van der Waals surface area (Å²) in [6, 6.07) is 0. The number of piperidine rings is 1.